The average molecular weight is 395 g/mol. The number of nitrogens with one attached hydrogen (secondary N) is 2. The highest BCUT2D eigenvalue weighted by molar-refractivity contribution is 5.47. The van der Waals surface area contributed by atoms with Gasteiger partial charge < -0.3 is 15.4 Å². The van der Waals surface area contributed by atoms with Crippen LogP contribution in [0.25, 0.3) is 0 Å². The first-order valence-electron chi connectivity index (χ1n) is 9.19. The van der Waals surface area contributed by atoms with E-state index in [1.807, 2.05) is 6.92 Å². The summed E-state index contributed by atoms with van der Waals surface area (Å²) >= 11 is 0. The van der Waals surface area contributed by atoms with E-state index in [1.54, 1.807) is 12.3 Å². The van der Waals surface area contributed by atoms with E-state index in [-0.39, 0.29) is 6.54 Å². The van der Waals surface area contributed by atoms with Crippen LogP contribution in [0.1, 0.15) is 16.7 Å². The van der Waals surface area contributed by atoms with Crippen molar-refractivity contribution in [3.05, 3.63) is 47.2 Å². The molecule has 1 aliphatic heterocycles. The van der Waals surface area contributed by atoms with Gasteiger partial charge in [-0.15, -0.1) is 0 Å². The first-order chi connectivity index (χ1) is 13.4. The number of anilines is 2. The van der Waals surface area contributed by atoms with E-state index in [0.29, 0.717) is 23.9 Å². The van der Waals surface area contributed by atoms with Gasteiger partial charge in [-0.05, 0) is 24.6 Å². The fourth-order valence-electron chi connectivity index (χ4n) is 2.90. The van der Waals surface area contributed by atoms with E-state index < -0.39 is 11.7 Å². The van der Waals surface area contributed by atoms with Crippen molar-refractivity contribution in [3.8, 4) is 0 Å². The maximum atomic E-state index is 12.8. The molecule has 3 rings (SSSR count). The second-order valence-corrected chi connectivity index (χ2v) is 6.66. The summed E-state index contributed by atoms with van der Waals surface area (Å²) in [6.45, 7) is 7.01. The molecule has 1 aromatic carbocycles. The zero-order valence-electron chi connectivity index (χ0n) is 15.7. The summed E-state index contributed by atoms with van der Waals surface area (Å²) in [4.78, 5) is 11.0. The maximum Gasteiger partial charge on any atom is 0.416 e. The minimum absolute atomic E-state index is 0.245. The Morgan fingerprint density at radius 1 is 1.18 bits per heavy atom. The lowest BCUT2D eigenvalue weighted by molar-refractivity contribution is -0.137. The highest BCUT2D eigenvalue weighted by Gasteiger charge is 2.30. The molecule has 1 aliphatic rings. The van der Waals surface area contributed by atoms with Crippen LogP contribution >= 0.6 is 0 Å². The molecule has 152 valence electrons. The molecule has 0 atom stereocenters. The van der Waals surface area contributed by atoms with Crippen molar-refractivity contribution in [3.63, 3.8) is 0 Å². The van der Waals surface area contributed by atoms with Gasteiger partial charge in [-0.25, -0.2) is 4.98 Å². The molecule has 0 saturated carbocycles. The van der Waals surface area contributed by atoms with E-state index in [2.05, 4.69) is 25.5 Å². The number of benzene rings is 1. The summed E-state index contributed by atoms with van der Waals surface area (Å²) in [5, 5.41) is 6.30. The van der Waals surface area contributed by atoms with Gasteiger partial charge in [-0.2, -0.15) is 18.2 Å². The van der Waals surface area contributed by atoms with Gasteiger partial charge in [0.2, 0.25) is 5.95 Å². The molecule has 28 heavy (non-hydrogen) atoms. The van der Waals surface area contributed by atoms with Crippen molar-refractivity contribution in [1.82, 2.24) is 14.9 Å². The number of nitrogens with zero attached hydrogens (tertiary/aromatic N) is 3. The van der Waals surface area contributed by atoms with Crippen molar-refractivity contribution in [2.75, 3.05) is 50.0 Å². The van der Waals surface area contributed by atoms with Gasteiger partial charge in [0.25, 0.3) is 0 Å². The number of alkyl halides is 3. The lowest BCUT2D eigenvalue weighted by atomic mass is 10.1. The minimum Gasteiger partial charge on any atom is -0.379 e. The SMILES string of the molecule is Cc1cnc(NCCN2CCOCC2)nc1NCc1cccc(C(F)(F)F)c1. The van der Waals surface area contributed by atoms with Crippen LogP contribution in [0.15, 0.2) is 30.5 Å². The predicted molar refractivity (Wildman–Crippen MR) is 101 cm³/mol. The van der Waals surface area contributed by atoms with E-state index in [4.69, 9.17) is 4.74 Å². The standard InChI is InChI=1S/C19H24F3N5O/c1-14-12-25-18(23-5-6-27-7-9-28-10-8-27)26-17(14)24-13-15-3-2-4-16(11-15)19(20,21)22/h2-4,11-12H,5-10,13H2,1H3,(H2,23,24,25,26). The molecule has 0 radical (unpaired) electrons. The van der Waals surface area contributed by atoms with E-state index in [1.165, 1.54) is 6.07 Å². The van der Waals surface area contributed by atoms with Crippen LogP contribution < -0.4 is 10.6 Å². The second-order valence-electron chi connectivity index (χ2n) is 6.66. The molecule has 2 N–H and O–H groups in total. The molecule has 1 fully saturated rings. The van der Waals surface area contributed by atoms with Crippen LogP contribution in [0.3, 0.4) is 0 Å². The second kappa shape index (κ2) is 9.20. The molecule has 9 heteroatoms. The minimum atomic E-state index is -4.35. The largest absolute Gasteiger partial charge is 0.416 e. The Labute approximate surface area is 162 Å². The number of hydrogen-bond acceptors (Lipinski definition) is 6. The van der Waals surface area contributed by atoms with Gasteiger partial charge in [-0.1, -0.05) is 12.1 Å². The molecule has 2 aromatic rings. The summed E-state index contributed by atoms with van der Waals surface area (Å²) in [6, 6.07) is 5.27. The summed E-state index contributed by atoms with van der Waals surface area (Å²) in [6.07, 6.45) is -2.66. The molecule has 6 nitrogen and oxygen atoms in total. The normalized spacial score (nSPS) is 15.4. The molecule has 2 heterocycles. The third kappa shape index (κ3) is 5.80. The Morgan fingerprint density at radius 3 is 2.71 bits per heavy atom. The first-order valence-corrected chi connectivity index (χ1v) is 9.19. The van der Waals surface area contributed by atoms with Crippen LogP contribution in [-0.4, -0.2) is 54.3 Å². The Kier molecular flexibility index (Phi) is 6.69. The summed E-state index contributed by atoms with van der Waals surface area (Å²) in [5.41, 5.74) is 0.706. The summed E-state index contributed by atoms with van der Waals surface area (Å²) in [5.74, 6) is 1.09. The van der Waals surface area contributed by atoms with E-state index in [9.17, 15) is 13.2 Å². The third-order valence-corrected chi connectivity index (χ3v) is 4.50. The monoisotopic (exact) mass is 395 g/mol. The van der Waals surface area contributed by atoms with Gasteiger partial charge in [0.1, 0.15) is 5.82 Å². The molecule has 0 bridgehead atoms. The van der Waals surface area contributed by atoms with Gasteiger partial charge in [0.05, 0.1) is 18.8 Å². The van der Waals surface area contributed by atoms with E-state index in [0.717, 1.165) is 50.5 Å². The van der Waals surface area contributed by atoms with Crippen LogP contribution in [0, 0.1) is 6.92 Å². The van der Waals surface area contributed by atoms with Crippen molar-refractivity contribution < 1.29 is 17.9 Å². The number of morpholine rings is 1. The Balaban J connectivity index is 1.56. The predicted octanol–water partition coefficient (Wildman–Crippen LogP) is 3.16. The Hall–Kier alpha value is -2.39. The fourth-order valence-corrected chi connectivity index (χ4v) is 2.90. The van der Waals surface area contributed by atoms with Crippen molar-refractivity contribution in [2.24, 2.45) is 0 Å². The molecule has 0 amide bonds. The van der Waals surface area contributed by atoms with Gasteiger partial charge >= 0.3 is 6.18 Å². The van der Waals surface area contributed by atoms with E-state index >= 15 is 0 Å². The fraction of sp³-hybridized carbons (Fsp3) is 0.474. The number of hydrogen-bond donors (Lipinski definition) is 2. The molecule has 1 aromatic heterocycles. The van der Waals surface area contributed by atoms with Crippen LogP contribution in [0.5, 0.6) is 0 Å². The number of halogens is 3. The Morgan fingerprint density at radius 2 is 1.96 bits per heavy atom. The summed E-state index contributed by atoms with van der Waals surface area (Å²) in [7, 11) is 0. The number of rotatable bonds is 7. The molecule has 0 unspecified atom stereocenters. The quantitative estimate of drug-likeness (QED) is 0.751. The Bertz CT molecular complexity index is 778. The molecular weight excluding hydrogens is 371 g/mol. The highest BCUT2D eigenvalue weighted by Crippen LogP contribution is 2.29. The lowest BCUT2D eigenvalue weighted by Crippen LogP contribution is -2.39. The zero-order valence-corrected chi connectivity index (χ0v) is 15.7. The van der Waals surface area contributed by atoms with Crippen LogP contribution in [0.4, 0.5) is 24.9 Å². The first kappa shape index (κ1) is 20.3. The van der Waals surface area contributed by atoms with Crippen molar-refractivity contribution >= 4 is 11.8 Å². The van der Waals surface area contributed by atoms with Gasteiger partial charge in [0, 0.05) is 44.5 Å². The van der Waals surface area contributed by atoms with Gasteiger partial charge in [-0.3, -0.25) is 4.90 Å². The smallest absolute Gasteiger partial charge is 0.379 e. The highest BCUT2D eigenvalue weighted by atomic mass is 19.4. The number of aryl methyl sites for hydroxylation is 1. The average Bonchev–Trinajstić information content (AvgIpc) is 2.68. The number of ether oxygens (including phenoxy) is 1. The zero-order chi connectivity index (χ0) is 20.0. The molecule has 0 spiro atoms. The molecular formula is C19H24F3N5O. The van der Waals surface area contributed by atoms with Crippen LogP contribution in [-0.2, 0) is 17.5 Å². The topological polar surface area (TPSA) is 62.3 Å². The van der Waals surface area contributed by atoms with Crippen LogP contribution in [0.2, 0.25) is 0 Å². The third-order valence-electron chi connectivity index (χ3n) is 4.50. The van der Waals surface area contributed by atoms with Crippen molar-refractivity contribution in [1.29, 1.82) is 0 Å². The maximum absolute atomic E-state index is 12.8. The lowest BCUT2D eigenvalue weighted by Gasteiger charge is -2.26. The van der Waals surface area contributed by atoms with Crippen molar-refractivity contribution in [2.45, 2.75) is 19.6 Å². The van der Waals surface area contributed by atoms with Gasteiger partial charge in [0.15, 0.2) is 0 Å². The number of aromatic nitrogens is 2. The summed E-state index contributed by atoms with van der Waals surface area (Å²) < 4.78 is 43.8. The molecule has 0 aliphatic carbocycles. The molecule has 1 saturated heterocycles.